The second-order valence-corrected chi connectivity index (χ2v) is 5.11. The second-order valence-electron chi connectivity index (χ2n) is 5.11. The van der Waals surface area contributed by atoms with E-state index in [0.29, 0.717) is 13.2 Å². The van der Waals surface area contributed by atoms with Crippen LogP contribution in [0, 0.1) is 13.8 Å². The molecule has 3 nitrogen and oxygen atoms in total. The van der Waals surface area contributed by atoms with Crippen LogP contribution in [0.3, 0.4) is 0 Å². The molecule has 21 heavy (non-hydrogen) atoms. The van der Waals surface area contributed by atoms with Crippen molar-refractivity contribution in [1.29, 1.82) is 0 Å². The van der Waals surface area contributed by atoms with Crippen LogP contribution in [-0.2, 0) is 0 Å². The Morgan fingerprint density at radius 2 is 1.62 bits per heavy atom. The van der Waals surface area contributed by atoms with Crippen molar-refractivity contribution in [3.05, 3.63) is 59.2 Å². The average molecular weight is 285 g/mol. The summed E-state index contributed by atoms with van der Waals surface area (Å²) in [6.45, 7) is 7.11. The van der Waals surface area contributed by atoms with Crippen molar-refractivity contribution in [1.82, 2.24) is 0 Å². The zero-order valence-electron chi connectivity index (χ0n) is 12.9. The quantitative estimate of drug-likeness (QED) is 0.878. The topological polar surface area (TPSA) is 44.5 Å². The van der Waals surface area contributed by atoms with Crippen LogP contribution < -0.4 is 15.2 Å². The van der Waals surface area contributed by atoms with Gasteiger partial charge in [0.2, 0.25) is 0 Å². The van der Waals surface area contributed by atoms with Gasteiger partial charge in [-0.15, -0.1) is 0 Å². The number of ether oxygens (including phenoxy) is 2. The third-order valence-electron chi connectivity index (χ3n) is 3.43. The summed E-state index contributed by atoms with van der Waals surface area (Å²) in [5, 5.41) is 0. The van der Waals surface area contributed by atoms with Gasteiger partial charge in [0.25, 0.3) is 0 Å². The van der Waals surface area contributed by atoms with Crippen LogP contribution in [0.4, 0.5) is 0 Å². The van der Waals surface area contributed by atoms with Crippen LogP contribution in [0.2, 0.25) is 0 Å². The molecule has 0 spiro atoms. The Labute approximate surface area is 126 Å². The summed E-state index contributed by atoms with van der Waals surface area (Å²) in [5.74, 6) is 1.75. The predicted octanol–water partition coefficient (Wildman–Crippen LogP) is 3.78. The van der Waals surface area contributed by atoms with Gasteiger partial charge in [0.15, 0.2) is 0 Å². The number of rotatable bonds is 6. The molecule has 2 rings (SSSR count). The Morgan fingerprint density at radius 1 is 0.952 bits per heavy atom. The molecule has 3 heteroatoms. The molecular formula is C18H23NO2. The lowest BCUT2D eigenvalue weighted by molar-refractivity contribution is 0.279. The Bertz CT molecular complexity index is 575. The molecule has 0 aliphatic rings. The summed E-state index contributed by atoms with van der Waals surface area (Å²) in [7, 11) is 0. The van der Waals surface area contributed by atoms with Crippen LogP contribution in [0.1, 0.15) is 29.7 Å². The molecule has 0 aliphatic heterocycles. The lowest BCUT2D eigenvalue weighted by atomic mass is 10.1. The standard InChI is InChI=1S/C18H23NO2/c1-4-20-17-11-6-5-10-15(17)16(19)12-21-18-13(2)8-7-9-14(18)3/h5-11,16H,4,12,19H2,1-3H3. The van der Waals surface area contributed by atoms with Gasteiger partial charge >= 0.3 is 0 Å². The normalized spacial score (nSPS) is 12.0. The zero-order chi connectivity index (χ0) is 15.2. The first-order chi connectivity index (χ1) is 10.1. The summed E-state index contributed by atoms with van der Waals surface area (Å²) in [6.07, 6.45) is 0. The zero-order valence-corrected chi connectivity index (χ0v) is 12.9. The monoisotopic (exact) mass is 285 g/mol. The highest BCUT2D eigenvalue weighted by atomic mass is 16.5. The third kappa shape index (κ3) is 3.76. The van der Waals surface area contributed by atoms with Crippen LogP contribution in [-0.4, -0.2) is 13.2 Å². The van der Waals surface area contributed by atoms with Crippen molar-refractivity contribution >= 4 is 0 Å². The number of nitrogens with two attached hydrogens (primary N) is 1. The lowest BCUT2D eigenvalue weighted by Gasteiger charge is -2.18. The van der Waals surface area contributed by atoms with Crippen molar-refractivity contribution in [2.75, 3.05) is 13.2 Å². The van der Waals surface area contributed by atoms with Crippen molar-refractivity contribution in [3.63, 3.8) is 0 Å². The molecule has 0 amide bonds. The Balaban J connectivity index is 2.10. The third-order valence-corrected chi connectivity index (χ3v) is 3.43. The fourth-order valence-corrected chi connectivity index (χ4v) is 2.36. The number of benzene rings is 2. The molecule has 0 heterocycles. The Kier molecular flexibility index (Phi) is 5.23. The summed E-state index contributed by atoms with van der Waals surface area (Å²) in [6, 6.07) is 13.8. The van der Waals surface area contributed by atoms with Crippen LogP contribution in [0.5, 0.6) is 11.5 Å². The van der Waals surface area contributed by atoms with E-state index in [9.17, 15) is 0 Å². The minimum Gasteiger partial charge on any atom is -0.494 e. The maximum Gasteiger partial charge on any atom is 0.125 e. The molecule has 1 atom stereocenters. The maximum atomic E-state index is 6.27. The van der Waals surface area contributed by atoms with E-state index in [1.54, 1.807) is 0 Å². The average Bonchev–Trinajstić information content (AvgIpc) is 2.47. The lowest BCUT2D eigenvalue weighted by Crippen LogP contribution is -2.20. The number of hydrogen-bond donors (Lipinski definition) is 1. The first-order valence-corrected chi connectivity index (χ1v) is 7.29. The molecular weight excluding hydrogens is 262 g/mol. The molecule has 0 radical (unpaired) electrons. The minimum absolute atomic E-state index is 0.216. The van der Waals surface area contributed by atoms with Gasteiger partial charge in [0, 0.05) is 5.56 Å². The molecule has 2 aromatic rings. The second kappa shape index (κ2) is 7.14. The molecule has 0 aromatic heterocycles. The highest BCUT2D eigenvalue weighted by Gasteiger charge is 2.13. The molecule has 0 bridgehead atoms. The molecule has 0 saturated heterocycles. The summed E-state index contributed by atoms with van der Waals surface area (Å²) < 4.78 is 11.6. The largest absolute Gasteiger partial charge is 0.494 e. The first-order valence-electron chi connectivity index (χ1n) is 7.29. The van der Waals surface area contributed by atoms with Crippen molar-refractivity contribution in [3.8, 4) is 11.5 Å². The SMILES string of the molecule is CCOc1ccccc1C(N)COc1c(C)cccc1C. The molecule has 112 valence electrons. The minimum atomic E-state index is -0.216. The summed E-state index contributed by atoms with van der Waals surface area (Å²) in [4.78, 5) is 0. The van der Waals surface area contributed by atoms with Crippen molar-refractivity contribution < 1.29 is 9.47 Å². The summed E-state index contributed by atoms with van der Waals surface area (Å²) >= 11 is 0. The van der Waals surface area contributed by atoms with Crippen molar-refractivity contribution in [2.45, 2.75) is 26.8 Å². The van der Waals surface area contributed by atoms with Crippen molar-refractivity contribution in [2.24, 2.45) is 5.73 Å². The van der Waals surface area contributed by atoms with Gasteiger partial charge in [-0.25, -0.2) is 0 Å². The van der Waals surface area contributed by atoms with Crippen LogP contribution >= 0.6 is 0 Å². The Morgan fingerprint density at radius 3 is 2.29 bits per heavy atom. The van der Waals surface area contributed by atoms with Crippen LogP contribution in [0.25, 0.3) is 0 Å². The number of hydrogen-bond acceptors (Lipinski definition) is 3. The highest BCUT2D eigenvalue weighted by Crippen LogP contribution is 2.27. The predicted molar refractivity (Wildman–Crippen MR) is 86.0 cm³/mol. The van der Waals surface area contributed by atoms with Gasteiger partial charge in [-0.3, -0.25) is 0 Å². The molecule has 2 aromatic carbocycles. The van der Waals surface area contributed by atoms with E-state index in [1.807, 2.05) is 63.2 Å². The van der Waals surface area contributed by atoms with Gasteiger partial charge in [0.05, 0.1) is 12.6 Å². The fourth-order valence-electron chi connectivity index (χ4n) is 2.36. The molecule has 0 fully saturated rings. The van der Waals surface area contributed by atoms with E-state index in [4.69, 9.17) is 15.2 Å². The Hall–Kier alpha value is -2.00. The van der Waals surface area contributed by atoms with Gasteiger partial charge in [0.1, 0.15) is 18.1 Å². The number of para-hydroxylation sites is 2. The van der Waals surface area contributed by atoms with Gasteiger partial charge in [-0.05, 0) is 38.0 Å². The number of aryl methyl sites for hydroxylation is 2. The molecule has 0 saturated carbocycles. The highest BCUT2D eigenvalue weighted by molar-refractivity contribution is 5.40. The molecule has 1 unspecified atom stereocenters. The van der Waals surface area contributed by atoms with Gasteiger partial charge in [-0.1, -0.05) is 36.4 Å². The molecule has 0 aliphatic carbocycles. The first kappa shape index (κ1) is 15.4. The summed E-state index contributed by atoms with van der Waals surface area (Å²) in [5.41, 5.74) is 9.50. The van der Waals surface area contributed by atoms with Crippen LogP contribution in [0.15, 0.2) is 42.5 Å². The maximum absolute atomic E-state index is 6.27. The van der Waals surface area contributed by atoms with E-state index in [-0.39, 0.29) is 6.04 Å². The van der Waals surface area contributed by atoms with E-state index in [1.165, 1.54) is 0 Å². The van der Waals surface area contributed by atoms with E-state index in [2.05, 4.69) is 0 Å². The van der Waals surface area contributed by atoms with E-state index < -0.39 is 0 Å². The molecule has 2 N–H and O–H groups in total. The van der Waals surface area contributed by atoms with Gasteiger partial charge in [-0.2, -0.15) is 0 Å². The van der Waals surface area contributed by atoms with E-state index in [0.717, 1.165) is 28.2 Å². The smallest absolute Gasteiger partial charge is 0.125 e. The fraction of sp³-hybridized carbons (Fsp3) is 0.333. The van der Waals surface area contributed by atoms with E-state index >= 15 is 0 Å². The van der Waals surface area contributed by atoms with Gasteiger partial charge < -0.3 is 15.2 Å².